The molecule has 0 saturated heterocycles. The summed E-state index contributed by atoms with van der Waals surface area (Å²) in [5, 5.41) is 0. The Morgan fingerprint density at radius 3 is 2.73 bits per heavy atom. The first-order chi connectivity index (χ1) is 5.05. The summed E-state index contributed by atoms with van der Waals surface area (Å²) >= 11 is 0. The van der Waals surface area contributed by atoms with Crippen molar-refractivity contribution in [3.05, 3.63) is 11.6 Å². The van der Waals surface area contributed by atoms with E-state index in [1.165, 1.54) is 7.11 Å². The molecule has 0 fully saturated rings. The normalized spacial score (nSPS) is 21.2. The van der Waals surface area contributed by atoms with Crippen LogP contribution >= 0.6 is 0 Å². The minimum absolute atomic E-state index is 0.296. The molecule has 0 spiro atoms. The number of rotatable bonds is 1. The van der Waals surface area contributed by atoms with Gasteiger partial charge in [0.25, 0.3) is 0 Å². The van der Waals surface area contributed by atoms with Crippen molar-refractivity contribution in [2.75, 3.05) is 13.7 Å². The first-order valence-electron chi connectivity index (χ1n) is 3.49. The van der Waals surface area contributed by atoms with E-state index < -0.39 is 0 Å². The summed E-state index contributed by atoms with van der Waals surface area (Å²) in [4.78, 5) is 10.9. The molecule has 0 N–H and O–H groups in total. The highest BCUT2D eigenvalue weighted by Gasteiger charge is 2.27. The lowest BCUT2D eigenvalue weighted by atomic mass is 10.1. The van der Waals surface area contributed by atoms with Crippen LogP contribution in [0.4, 0.5) is 0 Å². The monoisotopic (exact) mass is 156 g/mol. The van der Waals surface area contributed by atoms with Crippen LogP contribution in [0.25, 0.3) is 0 Å². The van der Waals surface area contributed by atoms with Crippen molar-refractivity contribution in [1.29, 1.82) is 0 Å². The zero-order valence-electron chi connectivity index (χ0n) is 7.01. The van der Waals surface area contributed by atoms with Gasteiger partial charge in [0.1, 0.15) is 0 Å². The predicted octanol–water partition coefficient (Wildman–Crippen LogP) is 0.895. The molecule has 0 unspecified atom stereocenters. The van der Waals surface area contributed by atoms with Gasteiger partial charge >= 0.3 is 5.97 Å². The van der Waals surface area contributed by atoms with E-state index in [0.717, 1.165) is 0 Å². The van der Waals surface area contributed by atoms with E-state index in [4.69, 9.17) is 4.74 Å². The van der Waals surface area contributed by atoms with Crippen LogP contribution in [0.5, 0.6) is 0 Å². The number of carbonyl (C=O) groups is 1. The summed E-state index contributed by atoms with van der Waals surface area (Å²) < 4.78 is 9.82. The molecule has 1 rings (SSSR count). The molecule has 0 atom stereocenters. The van der Waals surface area contributed by atoms with Crippen molar-refractivity contribution in [2.45, 2.75) is 19.4 Å². The van der Waals surface area contributed by atoms with Gasteiger partial charge in [0.05, 0.1) is 24.9 Å². The molecule has 1 aliphatic heterocycles. The van der Waals surface area contributed by atoms with E-state index in [-0.39, 0.29) is 11.6 Å². The van der Waals surface area contributed by atoms with E-state index in [0.29, 0.717) is 12.2 Å². The summed E-state index contributed by atoms with van der Waals surface area (Å²) in [6.45, 7) is 4.17. The highest BCUT2D eigenvalue weighted by atomic mass is 16.5. The summed E-state index contributed by atoms with van der Waals surface area (Å²) in [6.07, 6.45) is 1.79. The molecule has 1 heterocycles. The fourth-order valence-corrected chi connectivity index (χ4v) is 1.02. The van der Waals surface area contributed by atoms with E-state index >= 15 is 0 Å². The van der Waals surface area contributed by atoms with Gasteiger partial charge in [-0.3, -0.25) is 0 Å². The summed E-state index contributed by atoms with van der Waals surface area (Å²) in [5.74, 6) is -0.296. The molecule has 0 bridgehead atoms. The lowest BCUT2D eigenvalue weighted by Crippen LogP contribution is -2.15. The van der Waals surface area contributed by atoms with E-state index in [9.17, 15) is 4.79 Å². The van der Waals surface area contributed by atoms with Crippen molar-refractivity contribution >= 4 is 5.97 Å². The molecule has 0 aromatic heterocycles. The van der Waals surface area contributed by atoms with Crippen LogP contribution < -0.4 is 0 Å². The van der Waals surface area contributed by atoms with Gasteiger partial charge in [-0.25, -0.2) is 4.79 Å². The maximum Gasteiger partial charge on any atom is 0.335 e. The van der Waals surface area contributed by atoms with E-state index in [1.54, 1.807) is 6.08 Å². The predicted molar refractivity (Wildman–Crippen MR) is 40.1 cm³/mol. The zero-order valence-corrected chi connectivity index (χ0v) is 7.01. The van der Waals surface area contributed by atoms with Crippen molar-refractivity contribution in [3.63, 3.8) is 0 Å². The van der Waals surface area contributed by atoms with Crippen LogP contribution in [0.15, 0.2) is 11.6 Å². The fourth-order valence-electron chi connectivity index (χ4n) is 1.02. The molecule has 1 aliphatic rings. The van der Waals surface area contributed by atoms with Crippen molar-refractivity contribution in [3.8, 4) is 0 Å². The maximum atomic E-state index is 10.9. The number of methoxy groups -OCH3 is 1. The molecular weight excluding hydrogens is 144 g/mol. The first-order valence-corrected chi connectivity index (χ1v) is 3.49. The minimum Gasteiger partial charge on any atom is -0.466 e. The van der Waals surface area contributed by atoms with Gasteiger partial charge in [-0.15, -0.1) is 0 Å². The molecular formula is C8H12O3. The Bertz CT molecular complexity index is 203. The number of esters is 1. The third kappa shape index (κ3) is 1.80. The molecule has 3 heteroatoms. The van der Waals surface area contributed by atoms with Gasteiger partial charge in [0.15, 0.2) is 0 Å². The lowest BCUT2D eigenvalue weighted by molar-refractivity contribution is -0.136. The van der Waals surface area contributed by atoms with Crippen LogP contribution in [0.2, 0.25) is 0 Å². The largest absolute Gasteiger partial charge is 0.466 e. The minimum atomic E-state index is -0.316. The molecule has 0 aromatic carbocycles. The summed E-state index contributed by atoms with van der Waals surface area (Å²) in [5.41, 5.74) is 0.293. The molecule has 62 valence electrons. The van der Waals surface area contributed by atoms with Gasteiger partial charge in [0, 0.05) is 0 Å². The van der Waals surface area contributed by atoms with Gasteiger partial charge in [-0.1, -0.05) is 0 Å². The van der Waals surface area contributed by atoms with Crippen molar-refractivity contribution in [1.82, 2.24) is 0 Å². The Kier molecular flexibility index (Phi) is 2.00. The number of carbonyl (C=O) groups excluding carboxylic acids is 1. The quantitative estimate of drug-likeness (QED) is 0.529. The van der Waals surface area contributed by atoms with Crippen LogP contribution in [0.1, 0.15) is 13.8 Å². The average molecular weight is 156 g/mol. The van der Waals surface area contributed by atoms with Gasteiger partial charge in [-0.2, -0.15) is 0 Å². The Balaban J connectivity index is 2.70. The molecule has 3 nitrogen and oxygen atoms in total. The fraction of sp³-hybridized carbons (Fsp3) is 0.625. The molecule has 11 heavy (non-hydrogen) atoms. The van der Waals surface area contributed by atoms with Gasteiger partial charge in [0.2, 0.25) is 0 Å². The molecule has 0 amide bonds. The van der Waals surface area contributed by atoms with Crippen molar-refractivity contribution in [2.24, 2.45) is 0 Å². The third-order valence-electron chi connectivity index (χ3n) is 1.57. The third-order valence-corrected chi connectivity index (χ3v) is 1.57. The second-order valence-corrected chi connectivity index (χ2v) is 3.05. The molecule has 0 saturated carbocycles. The average Bonchev–Trinajstić information content (AvgIpc) is 2.29. The number of ether oxygens (including phenoxy) is 2. The van der Waals surface area contributed by atoms with E-state index in [1.807, 2.05) is 13.8 Å². The van der Waals surface area contributed by atoms with Crippen LogP contribution in [0.3, 0.4) is 0 Å². The van der Waals surface area contributed by atoms with E-state index in [2.05, 4.69) is 4.74 Å². The van der Waals surface area contributed by atoms with Gasteiger partial charge < -0.3 is 9.47 Å². The standard InChI is InChI=1S/C8H12O3/c1-8(2)4-6(5-11-8)7(9)10-3/h4H,5H2,1-3H3. The second-order valence-electron chi connectivity index (χ2n) is 3.05. The smallest absolute Gasteiger partial charge is 0.335 e. The second kappa shape index (κ2) is 2.66. The molecule has 0 aliphatic carbocycles. The lowest BCUT2D eigenvalue weighted by Gasteiger charge is -2.12. The first kappa shape index (κ1) is 8.27. The topological polar surface area (TPSA) is 35.5 Å². The Hall–Kier alpha value is -0.830. The number of hydrogen-bond acceptors (Lipinski definition) is 3. The van der Waals surface area contributed by atoms with Gasteiger partial charge in [-0.05, 0) is 19.9 Å². The molecule has 0 aromatic rings. The highest BCUT2D eigenvalue weighted by molar-refractivity contribution is 5.89. The Labute approximate surface area is 66.0 Å². The highest BCUT2D eigenvalue weighted by Crippen LogP contribution is 2.22. The Morgan fingerprint density at radius 2 is 2.36 bits per heavy atom. The van der Waals surface area contributed by atoms with Crippen molar-refractivity contribution < 1.29 is 14.3 Å². The van der Waals surface area contributed by atoms with Crippen LogP contribution in [-0.2, 0) is 14.3 Å². The van der Waals surface area contributed by atoms with Crippen LogP contribution in [-0.4, -0.2) is 25.3 Å². The molecule has 0 radical (unpaired) electrons. The summed E-state index contributed by atoms with van der Waals surface area (Å²) in [6, 6.07) is 0. The van der Waals surface area contributed by atoms with Crippen LogP contribution in [0, 0.1) is 0 Å². The SMILES string of the molecule is COC(=O)C1=CC(C)(C)OC1. The number of hydrogen-bond donors (Lipinski definition) is 0. The summed E-state index contributed by atoms with van der Waals surface area (Å²) in [7, 11) is 1.37. The zero-order chi connectivity index (χ0) is 8.48. The maximum absolute atomic E-state index is 10.9. The Morgan fingerprint density at radius 1 is 1.73 bits per heavy atom.